The van der Waals surface area contributed by atoms with E-state index in [1.807, 2.05) is 0 Å². The van der Waals surface area contributed by atoms with Gasteiger partial charge >= 0.3 is 0 Å². The van der Waals surface area contributed by atoms with E-state index in [2.05, 4.69) is 5.92 Å². The lowest BCUT2D eigenvalue weighted by Crippen LogP contribution is -2.26. The van der Waals surface area contributed by atoms with Crippen molar-refractivity contribution >= 4 is 11.6 Å². The summed E-state index contributed by atoms with van der Waals surface area (Å²) >= 11 is 0. The number of carbonyl (C=O) groups is 1. The van der Waals surface area contributed by atoms with Gasteiger partial charge in [-0.25, -0.2) is 0 Å². The van der Waals surface area contributed by atoms with Crippen LogP contribution >= 0.6 is 0 Å². The molecule has 1 aromatic rings. The first kappa shape index (κ1) is 11.9. The quantitative estimate of drug-likeness (QED) is 0.608. The number of methoxy groups -OCH3 is 1. The topological polar surface area (TPSA) is 55.6 Å². The van der Waals surface area contributed by atoms with Crippen molar-refractivity contribution in [2.24, 2.45) is 0 Å². The molecule has 84 valence electrons. The van der Waals surface area contributed by atoms with Gasteiger partial charge in [0.15, 0.2) is 0 Å². The van der Waals surface area contributed by atoms with Gasteiger partial charge < -0.3 is 15.4 Å². The fourth-order valence-corrected chi connectivity index (χ4v) is 1.27. The Hall–Kier alpha value is -2.15. The van der Waals surface area contributed by atoms with Crippen LogP contribution in [0.5, 0.6) is 5.75 Å². The van der Waals surface area contributed by atoms with Gasteiger partial charge in [-0.15, -0.1) is 6.42 Å². The molecule has 2 N–H and O–H groups in total. The van der Waals surface area contributed by atoms with Crippen molar-refractivity contribution < 1.29 is 9.53 Å². The first-order valence-electron chi connectivity index (χ1n) is 4.72. The third kappa shape index (κ3) is 2.45. The maximum absolute atomic E-state index is 11.8. The molecule has 0 heterocycles. The van der Waals surface area contributed by atoms with E-state index in [4.69, 9.17) is 16.9 Å². The van der Waals surface area contributed by atoms with E-state index < -0.39 is 0 Å². The Labute approximate surface area is 95.0 Å². The molecule has 0 saturated heterocycles. The maximum Gasteiger partial charge on any atom is 0.254 e. The Balaban J connectivity index is 2.97. The van der Waals surface area contributed by atoms with Crippen LogP contribution in [0.1, 0.15) is 10.4 Å². The summed E-state index contributed by atoms with van der Waals surface area (Å²) in [4.78, 5) is 13.3. The number of hydrogen-bond acceptors (Lipinski definition) is 3. The number of benzene rings is 1. The molecule has 0 spiro atoms. The summed E-state index contributed by atoms with van der Waals surface area (Å²) in [6.07, 6.45) is 5.14. The molecule has 0 bridgehead atoms. The Morgan fingerprint density at radius 2 is 2.31 bits per heavy atom. The average molecular weight is 218 g/mol. The minimum absolute atomic E-state index is 0.156. The second kappa shape index (κ2) is 5.08. The van der Waals surface area contributed by atoms with Gasteiger partial charge in [-0.2, -0.15) is 0 Å². The molecule has 1 aromatic carbocycles. The van der Waals surface area contributed by atoms with Gasteiger partial charge in [0, 0.05) is 12.6 Å². The third-order valence-corrected chi connectivity index (χ3v) is 2.16. The number of rotatable bonds is 3. The number of nitrogens with zero attached hydrogens (tertiary/aromatic N) is 1. The molecule has 0 fully saturated rings. The zero-order valence-electron chi connectivity index (χ0n) is 9.36. The number of nitrogens with two attached hydrogens (primary N) is 1. The highest BCUT2D eigenvalue weighted by Crippen LogP contribution is 2.22. The van der Waals surface area contributed by atoms with E-state index in [0.29, 0.717) is 17.0 Å². The predicted octanol–water partition coefficient (Wildman–Crippen LogP) is 0.983. The van der Waals surface area contributed by atoms with Crippen molar-refractivity contribution in [3.8, 4) is 18.1 Å². The van der Waals surface area contributed by atoms with Crippen molar-refractivity contribution in [3.63, 3.8) is 0 Å². The Bertz CT molecular complexity index is 435. The molecule has 1 rings (SSSR count). The summed E-state index contributed by atoms with van der Waals surface area (Å²) in [6.45, 7) is 0.269. The summed E-state index contributed by atoms with van der Waals surface area (Å²) in [7, 11) is 3.15. The molecule has 1 amide bonds. The second-order valence-electron chi connectivity index (χ2n) is 3.32. The maximum atomic E-state index is 11.8. The van der Waals surface area contributed by atoms with Crippen LogP contribution in [-0.2, 0) is 0 Å². The van der Waals surface area contributed by atoms with Crippen LogP contribution < -0.4 is 10.5 Å². The lowest BCUT2D eigenvalue weighted by atomic mass is 10.1. The first-order valence-corrected chi connectivity index (χ1v) is 4.72. The van der Waals surface area contributed by atoms with Gasteiger partial charge in [0.2, 0.25) is 0 Å². The van der Waals surface area contributed by atoms with Crippen molar-refractivity contribution in [1.82, 2.24) is 4.90 Å². The first-order chi connectivity index (χ1) is 7.60. The zero-order chi connectivity index (χ0) is 12.1. The lowest BCUT2D eigenvalue weighted by molar-refractivity contribution is 0.0812. The molecular weight excluding hydrogens is 204 g/mol. The highest BCUT2D eigenvalue weighted by atomic mass is 16.5. The fourth-order valence-electron chi connectivity index (χ4n) is 1.27. The molecule has 0 radical (unpaired) electrons. The zero-order valence-corrected chi connectivity index (χ0v) is 9.36. The van der Waals surface area contributed by atoms with E-state index in [1.54, 1.807) is 25.2 Å². The number of amides is 1. The van der Waals surface area contributed by atoms with Crippen molar-refractivity contribution in [1.29, 1.82) is 0 Å². The van der Waals surface area contributed by atoms with Crippen molar-refractivity contribution in [2.75, 3.05) is 26.4 Å². The average Bonchev–Trinajstić information content (AvgIpc) is 2.29. The van der Waals surface area contributed by atoms with Crippen molar-refractivity contribution in [3.05, 3.63) is 23.8 Å². The molecule has 16 heavy (non-hydrogen) atoms. The number of nitrogen functional groups attached to an aromatic ring is 1. The van der Waals surface area contributed by atoms with E-state index in [0.717, 1.165) is 0 Å². The van der Waals surface area contributed by atoms with Crippen LogP contribution in [0.2, 0.25) is 0 Å². The van der Waals surface area contributed by atoms with Crippen LogP contribution in [0.25, 0.3) is 0 Å². The molecule has 0 aromatic heterocycles. The van der Waals surface area contributed by atoms with Crippen LogP contribution in [0.4, 0.5) is 5.69 Å². The number of hydrogen-bond donors (Lipinski definition) is 1. The minimum Gasteiger partial charge on any atom is -0.495 e. The molecule has 0 atom stereocenters. The van der Waals surface area contributed by atoms with Crippen LogP contribution in [0.15, 0.2) is 18.2 Å². The summed E-state index contributed by atoms with van der Waals surface area (Å²) in [5.41, 5.74) is 6.65. The minimum atomic E-state index is -0.156. The SMILES string of the molecule is C#CCN(C)C(=O)c1ccc(N)c(OC)c1. The van der Waals surface area contributed by atoms with E-state index in [-0.39, 0.29) is 12.5 Å². The fraction of sp³-hybridized carbons (Fsp3) is 0.250. The number of terminal acetylenes is 1. The van der Waals surface area contributed by atoms with Gasteiger partial charge in [-0.3, -0.25) is 4.79 Å². The Morgan fingerprint density at radius 1 is 1.62 bits per heavy atom. The molecule has 4 heteroatoms. The molecule has 0 aliphatic carbocycles. The Morgan fingerprint density at radius 3 is 2.88 bits per heavy atom. The third-order valence-electron chi connectivity index (χ3n) is 2.16. The van der Waals surface area contributed by atoms with Crippen LogP contribution in [0.3, 0.4) is 0 Å². The molecule has 0 unspecified atom stereocenters. The normalized spacial score (nSPS) is 9.31. The molecule has 0 aliphatic heterocycles. The standard InChI is InChI=1S/C12H14N2O2/c1-4-7-14(2)12(15)9-5-6-10(13)11(8-9)16-3/h1,5-6,8H,7,13H2,2-3H3. The van der Waals surface area contributed by atoms with Gasteiger partial charge in [-0.1, -0.05) is 5.92 Å². The summed E-state index contributed by atoms with van der Waals surface area (Å²) in [5, 5.41) is 0. The van der Waals surface area contributed by atoms with Gasteiger partial charge in [0.1, 0.15) is 5.75 Å². The van der Waals surface area contributed by atoms with E-state index in [9.17, 15) is 4.79 Å². The van der Waals surface area contributed by atoms with Crippen molar-refractivity contribution in [2.45, 2.75) is 0 Å². The molecule has 4 nitrogen and oxygen atoms in total. The number of anilines is 1. The summed E-state index contributed by atoms with van der Waals surface area (Å²) in [6, 6.07) is 4.88. The lowest BCUT2D eigenvalue weighted by Gasteiger charge is -2.14. The number of carbonyl (C=O) groups excluding carboxylic acids is 1. The van der Waals surface area contributed by atoms with E-state index in [1.165, 1.54) is 12.0 Å². The smallest absolute Gasteiger partial charge is 0.254 e. The van der Waals surface area contributed by atoms with Gasteiger partial charge in [0.05, 0.1) is 19.3 Å². The highest BCUT2D eigenvalue weighted by molar-refractivity contribution is 5.95. The molecular formula is C12H14N2O2. The monoisotopic (exact) mass is 218 g/mol. The highest BCUT2D eigenvalue weighted by Gasteiger charge is 2.12. The van der Waals surface area contributed by atoms with Gasteiger partial charge in [-0.05, 0) is 18.2 Å². The number of ether oxygens (including phenoxy) is 1. The largest absolute Gasteiger partial charge is 0.495 e. The van der Waals surface area contributed by atoms with Gasteiger partial charge in [0.25, 0.3) is 5.91 Å². The predicted molar refractivity (Wildman–Crippen MR) is 63.2 cm³/mol. The summed E-state index contributed by atoms with van der Waals surface area (Å²) in [5.74, 6) is 2.74. The van der Waals surface area contributed by atoms with Crippen LogP contribution in [-0.4, -0.2) is 31.5 Å². The molecule has 0 saturated carbocycles. The second-order valence-corrected chi connectivity index (χ2v) is 3.32. The molecule has 0 aliphatic rings. The van der Waals surface area contributed by atoms with Crippen LogP contribution in [0, 0.1) is 12.3 Å². The summed E-state index contributed by atoms with van der Waals surface area (Å²) < 4.78 is 5.04. The Kier molecular flexibility index (Phi) is 3.78. The van der Waals surface area contributed by atoms with E-state index >= 15 is 0 Å².